The van der Waals surface area contributed by atoms with Gasteiger partial charge in [-0.05, 0) is 89.9 Å². The van der Waals surface area contributed by atoms with Gasteiger partial charge in [0.2, 0.25) is 0 Å². The standard InChI is InChI=1S/C48H78O6/c1-4-7-10-13-16-19-20-21-22-23-24-25-26-27-30-32-35-38-41-47(50)53-44-45(54-48(51)42-39-36-33-29-18-15-12-9-6-3)43-52-46(49)40-37-34-31-28-17-14-11-8-5-2/h9,12,16,18-25,28-29,31,45H,4-8,10-11,13-15,17,26-27,30,32-44H2,1-3H3/b12-9-,19-16-,21-20-,23-22-,25-24-,29-18-,31-28-. The van der Waals surface area contributed by atoms with Crippen molar-refractivity contribution in [1.82, 2.24) is 0 Å². The van der Waals surface area contributed by atoms with E-state index in [1.165, 1.54) is 44.9 Å². The fraction of sp³-hybridized carbons (Fsp3) is 0.646. The number of ether oxygens (including phenoxy) is 3. The summed E-state index contributed by atoms with van der Waals surface area (Å²) in [6, 6.07) is 0. The summed E-state index contributed by atoms with van der Waals surface area (Å²) in [4.78, 5) is 37.5. The zero-order valence-corrected chi connectivity index (χ0v) is 34.7. The van der Waals surface area contributed by atoms with Gasteiger partial charge in [-0.1, -0.05) is 157 Å². The third-order valence-corrected chi connectivity index (χ3v) is 8.70. The topological polar surface area (TPSA) is 78.9 Å². The molecule has 0 aliphatic carbocycles. The van der Waals surface area contributed by atoms with Crippen molar-refractivity contribution in [3.8, 4) is 0 Å². The first-order valence-corrected chi connectivity index (χ1v) is 21.6. The van der Waals surface area contributed by atoms with E-state index in [2.05, 4.69) is 106 Å². The molecule has 0 rings (SSSR count). The molecule has 6 nitrogen and oxygen atoms in total. The number of esters is 3. The van der Waals surface area contributed by atoms with E-state index in [0.29, 0.717) is 25.7 Å². The van der Waals surface area contributed by atoms with Gasteiger partial charge in [0, 0.05) is 19.3 Å². The highest BCUT2D eigenvalue weighted by Crippen LogP contribution is 2.11. The van der Waals surface area contributed by atoms with Crippen LogP contribution in [0, 0.1) is 0 Å². The van der Waals surface area contributed by atoms with Crippen molar-refractivity contribution in [2.75, 3.05) is 13.2 Å². The lowest BCUT2D eigenvalue weighted by Crippen LogP contribution is -2.30. The number of hydrogen-bond donors (Lipinski definition) is 0. The zero-order valence-electron chi connectivity index (χ0n) is 34.7. The Morgan fingerprint density at radius 2 is 0.815 bits per heavy atom. The maximum Gasteiger partial charge on any atom is 0.306 e. The molecule has 0 amide bonds. The lowest BCUT2D eigenvalue weighted by molar-refractivity contribution is -0.167. The predicted octanol–water partition coefficient (Wildman–Crippen LogP) is 13.7. The largest absolute Gasteiger partial charge is 0.462 e. The second-order valence-corrected chi connectivity index (χ2v) is 14.0. The normalized spacial score (nSPS) is 12.9. The van der Waals surface area contributed by atoms with Crippen LogP contribution in [-0.4, -0.2) is 37.2 Å². The van der Waals surface area contributed by atoms with Crippen molar-refractivity contribution in [3.63, 3.8) is 0 Å². The Morgan fingerprint density at radius 3 is 1.44 bits per heavy atom. The van der Waals surface area contributed by atoms with E-state index in [9.17, 15) is 14.4 Å². The number of carbonyl (C=O) groups is 3. The van der Waals surface area contributed by atoms with Gasteiger partial charge in [-0.2, -0.15) is 0 Å². The van der Waals surface area contributed by atoms with Gasteiger partial charge in [-0.15, -0.1) is 0 Å². The molecule has 6 heteroatoms. The summed E-state index contributed by atoms with van der Waals surface area (Å²) in [5, 5.41) is 0. The second kappa shape index (κ2) is 42.3. The number of rotatable bonds is 37. The molecule has 0 heterocycles. The highest BCUT2D eigenvalue weighted by Gasteiger charge is 2.19. The highest BCUT2D eigenvalue weighted by atomic mass is 16.6. The minimum Gasteiger partial charge on any atom is -0.462 e. The van der Waals surface area contributed by atoms with Crippen LogP contribution >= 0.6 is 0 Å². The lowest BCUT2D eigenvalue weighted by Gasteiger charge is -2.18. The van der Waals surface area contributed by atoms with Gasteiger partial charge in [-0.25, -0.2) is 0 Å². The fourth-order valence-corrected chi connectivity index (χ4v) is 5.43. The molecule has 0 fully saturated rings. The molecule has 0 aliphatic heterocycles. The molecule has 54 heavy (non-hydrogen) atoms. The van der Waals surface area contributed by atoms with E-state index in [0.717, 1.165) is 83.5 Å². The van der Waals surface area contributed by atoms with E-state index < -0.39 is 6.10 Å². The smallest absolute Gasteiger partial charge is 0.306 e. The maximum atomic E-state index is 12.6. The second-order valence-electron chi connectivity index (χ2n) is 14.0. The third-order valence-electron chi connectivity index (χ3n) is 8.70. The first-order valence-electron chi connectivity index (χ1n) is 21.6. The summed E-state index contributed by atoms with van der Waals surface area (Å²) in [6.45, 7) is 6.33. The average Bonchev–Trinajstić information content (AvgIpc) is 3.17. The predicted molar refractivity (Wildman–Crippen MR) is 228 cm³/mol. The first kappa shape index (κ1) is 50.6. The Kier molecular flexibility index (Phi) is 39.7. The van der Waals surface area contributed by atoms with Crippen molar-refractivity contribution in [2.45, 2.75) is 187 Å². The van der Waals surface area contributed by atoms with Crippen molar-refractivity contribution in [2.24, 2.45) is 0 Å². The van der Waals surface area contributed by atoms with Crippen molar-refractivity contribution < 1.29 is 28.6 Å². The van der Waals surface area contributed by atoms with Gasteiger partial charge in [0.05, 0.1) is 0 Å². The van der Waals surface area contributed by atoms with Crippen LogP contribution in [-0.2, 0) is 28.6 Å². The van der Waals surface area contributed by atoms with Crippen LogP contribution in [0.1, 0.15) is 181 Å². The number of carbonyl (C=O) groups excluding carboxylic acids is 3. The number of hydrogen-bond acceptors (Lipinski definition) is 6. The van der Waals surface area contributed by atoms with Gasteiger partial charge in [0.15, 0.2) is 6.10 Å². The van der Waals surface area contributed by atoms with Crippen LogP contribution in [0.5, 0.6) is 0 Å². The van der Waals surface area contributed by atoms with Gasteiger partial charge in [0.25, 0.3) is 0 Å². The third kappa shape index (κ3) is 39.8. The highest BCUT2D eigenvalue weighted by molar-refractivity contribution is 5.71. The minimum atomic E-state index is -0.810. The van der Waals surface area contributed by atoms with Gasteiger partial charge in [-0.3, -0.25) is 14.4 Å². The molecule has 0 aromatic carbocycles. The van der Waals surface area contributed by atoms with E-state index >= 15 is 0 Å². The maximum absolute atomic E-state index is 12.6. The van der Waals surface area contributed by atoms with Crippen LogP contribution in [0.25, 0.3) is 0 Å². The van der Waals surface area contributed by atoms with Crippen LogP contribution in [0.2, 0.25) is 0 Å². The van der Waals surface area contributed by atoms with E-state index in [1.54, 1.807) is 0 Å². The van der Waals surface area contributed by atoms with Gasteiger partial charge >= 0.3 is 17.9 Å². The summed E-state index contributed by atoms with van der Waals surface area (Å²) in [7, 11) is 0. The minimum absolute atomic E-state index is 0.112. The summed E-state index contributed by atoms with van der Waals surface area (Å²) in [5.41, 5.74) is 0. The van der Waals surface area contributed by atoms with Crippen molar-refractivity contribution in [3.05, 3.63) is 85.1 Å². The molecule has 0 saturated heterocycles. The zero-order chi connectivity index (χ0) is 39.4. The summed E-state index contributed by atoms with van der Waals surface area (Å²) >= 11 is 0. The van der Waals surface area contributed by atoms with Gasteiger partial charge in [0.1, 0.15) is 13.2 Å². The molecule has 306 valence electrons. The Morgan fingerprint density at radius 1 is 0.407 bits per heavy atom. The molecule has 0 aromatic rings. The molecular formula is C48H78O6. The monoisotopic (exact) mass is 751 g/mol. The summed E-state index contributed by atoms with van der Waals surface area (Å²) < 4.78 is 16.5. The van der Waals surface area contributed by atoms with E-state index in [-0.39, 0.29) is 37.5 Å². The van der Waals surface area contributed by atoms with Crippen LogP contribution < -0.4 is 0 Å². The Hall–Kier alpha value is -3.41. The van der Waals surface area contributed by atoms with E-state index in [1.807, 2.05) is 0 Å². The molecule has 0 radical (unpaired) electrons. The molecule has 0 spiro atoms. The first-order chi connectivity index (χ1) is 26.5. The molecule has 0 bridgehead atoms. The summed E-state index contributed by atoms with van der Waals surface area (Å²) in [6.07, 6.45) is 53.0. The summed E-state index contributed by atoms with van der Waals surface area (Å²) in [5.74, 6) is -1.02. The lowest BCUT2D eigenvalue weighted by atomic mass is 10.1. The molecular weight excluding hydrogens is 673 g/mol. The molecule has 1 unspecified atom stereocenters. The Balaban J connectivity index is 4.43. The Labute approximate surface area is 331 Å². The fourth-order valence-electron chi connectivity index (χ4n) is 5.43. The van der Waals surface area contributed by atoms with Crippen LogP contribution in [0.4, 0.5) is 0 Å². The van der Waals surface area contributed by atoms with E-state index in [4.69, 9.17) is 14.2 Å². The molecule has 0 aromatic heterocycles. The molecule has 1 atom stereocenters. The Bertz CT molecular complexity index is 1090. The van der Waals surface area contributed by atoms with Crippen LogP contribution in [0.15, 0.2) is 85.1 Å². The van der Waals surface area contributed by atoms with Crippen LogP contribution in [0.3, 0.4) is 0 Å². The molecule has 0 aliphatic rings. The number of allylic oxidation sites excluding steroid dienone is 14. The average molecular weight is 751 g/mol. The van der Waals surface area contributed by atoms with Crippen molar-refractivity contribution in [1.29, 1.82) is 0 Å². The SMILES string of the molecule is CC/C=C\C/C=C\CCCCC(=O)OC(COC(=O)CCC/C=C\CCCCCC)COC(=O)CCCCCCC\C=C/C=C\C=C/C=C\CCCCC. The molecule has 0 N–H and O–H groups in total. The van der Waals surface area contributed by atoms with Crippen molar-refractivity contribution >= 4 is 17.9 Å². The van der Waals surface area contributed by atoms with Gasteiger partial charge < -0.3 is 14.2 Å². The number of unbranched alkanes of at least 4 members (excludes halogenated alkanes) is 15. The quantitative estimate of drug-likeness (QED) is 0.0207. The molecule has 0 saturated carbocycles.